The maximum Gasteiger partial charge on any atom is 0.160 e. The van der Waals surface area contributed by atoms with Gasteiger partial charge in [-0.1, -0.05) is 194 Å². The van der Waals surface area contributed by atoms with Crippen LogP contribution >= 0.6 is 0 Å². The molecule has 0 fully saturated rings. The summed E-state index contributed by atoms with van der Waals surface area (Å²) in [5.74, 6) is 0.708. The van der Waals surface area contributed by atoms with Crippen LogP contribution in [0, 0.1) is 0 Å². The first-order valence-electron chi connectivity index (χ1n) is 18.9. The van der Waals surface area contributed by atoms with Crippen LogP contribution in [0.2, 0.25) is 0 Å². The van der Waals surface area contributed by atoms with E-state index in [1.165, 1.54) is 65.7 Å². The molecule has 0 atom stereocenters. The third kappa shape index (κ3) is 4.82. The fourth-order valence-electron chi connectivity index (χ4n) is 9.14. The van der Waals surface area contributed by atoms with Crippen molar-refractivity contribution < 1.29 is 0 Å². The van der Waals surface area contributed by atoms with Gasteiger partial charge in [-0.3, -0.25) is 0 Å². The lowest BCUT2D eigenvalue weighted by Gasteiger charge is -2.34. The van der Waals surface area contributed by atoms with Crippen LogP contribution in [-0.2, 0) is 5.41 Å². The van der Waals surface area contributed by atoms with E-state index in [-0.39, 0.29) is 0 Å². The van der Waals surface area contributed by atoms with E-state index in [1.54, 1.807) is 0 Å². The largest absolute Gasteiger partial charge is 0.228 e. The van der Waals surface area contributed by atoms with Gasteiger partial charge in [-0.25, -0.2) is 9.97 Å². The minimum atomic E-state index is -0.507. The maximum absolute atomic E-state index is 5.34. The van der Waals surface area contributed by atoms with Crippen LogP contribution in [0.1, 0.15) is 22.3 Å². The van der Waals surface area contributed by atoms with Gasteiger partial charge in [0.1, 0.15) is 0 Å². The summed E-state index contributed by atoms with van der Waals surface area (Å²) in [7, 11) is 0. The molecule has 0 aliphatic heterocycles. The number of aromatic nitrogens is 2. The smallest absolute Gasteiger partial charge is 0.160 e. The molecule has 0 spiro atoms. The topological polar surface area (TPSA) is 25.8 Å². The highest BCUT2D eigenvalue weighted by Gasteiger charge is 2.47. The highest BCUT2D eigenvalue weighted by molar-refractivity contribution is 6.09. The van der Waals surface area contributed by atoms with Gasteiger partial charge in [-0.05, 0) is 77.8 Å². The summed E-state index contributed by atoms with van der Waals surface area (Å²) in [6.07, 6.45) is 0. The Hall–Kier alpha value is -7.16. The van der Waals surface area contributed by atoms with Gasteiger partial charge in [0, 0.05) is 16.7 Å². The van der Waals surface area contributed by atoms with Crippen LogP contribution in [0.15, 0.2) is 206 Å². The first-order valence-corrected chi connectivity index (χ1v) is 18.9. The second-order valence-electron chi connectivity index (χ2n) is 14.5. The Kier molecular flexibility index (Phi) is 7.11. The molecule has 9 aromatic carbocycles. The Morgan fingerprint density at radius 3 is 1.71 bits per heavy atom. The highest BCUT2D eigenvalue weighted by atomic mass is 14.9. The van der Waals surface area contributed by atoms with Crippen molar-refractivity contribution in [3.05, 3.63) is 229 Å². The molecule has 0 N–H and O–H groups in total. The fraction of sp³-hybridized carbons (Fsp3) is 0.0189. The van der Waals surface area contributed by atoms with E-state index < -0.39 is 5.41 Å². The van der Waals surface area contributed by atoms with Gasteiger partial charge in [-0.2, -0.15) is 0 Å². The molecule has 0 bridgehead atoms. The number of nitrogens with zero attached hydrogens (tertiary/aromatic N) is 2. The second-order valence-corrected chi connectivity index (χ2v) is 14.5. The van der Waals surface area contributed by atoms with Gasteiger partial charge in [0.2, 0.25) is 0 Å². The molecule has 0 radical (unpaired) electrons. The molecule has 256 valence electrons. The standard InChI is InChI=1S/C53H34N2/c1-4-16-37(17-5-1)52-54-49(38-30-29-36-28-27-35-15-10-11-22-41(35)47(36)33-38)34-50(55-52)44-24-14-25-45-42(44)31-32-46-43-23-12-13-26-48(43)53(51(45)46,39-18-6-2-7-19-39)40-20-8-3-9-21-40/h1-34H. The zero-order valence-corrected chi connectivity index (χ0v) is 30.0. The van der Waals surface area contributed by atoms with Crippen molar-refractivity contribution in [2.75, 3.05) is 0 Å². The van der Waals surface area contributed by atoms with Crippen molar-refractivity contribution in [2.45, 2.75) is 5.41 Å². The molecule has 2 nitrogen and oxygen atoms in total. The Balaban J connectivity index is 1.19. The summed E-state index contributed by atoms with van der Waals surface area (Å²) in [5.41, 5.74) is 12.1. The molecule has 0 saturated heterocycles. The predicted octanol–water partition coefficient (Wildman–Crippen LogP) is 13.3. The van der Waals surface area contributed by atoms with E-state index in [0.717, 1.165) is 28.1 Å². The van der Waals surface area contributed by atoms with Gasteiger partial charge in [-0.15, -0.1) is 0 Å². The Labute approximate surface area is 320 Å². The molecule has 55 heavy (non-hydrogen) atoms. The average molecular weight is 699 g/mol. The molecule has 1 heterocycles. The van der Waals surface area contributed by atoms with Crippen molar-refractivity contribution in [2.24, 2.45) is 0 Å². The van der Waals surface area contributed by atoms with Crippen LogP contribution in [-0.4, -0.2) is 9.97 Å². The number of benzene rings is 9. The third-order valence-electron chi connectivity index (χ3n) is 11.5. The van der Waals surface area contributed by atoms with Gasteiger partial charge >= 0.3 is 0 Å². The van der Waals surface area contributed by atoms with Gasteiger partial charge < -0.3 is 0 Å². The fourth-order valence-corrected chi connectivity index (χ4v) is 9.14. The highest BCUT2D eigenvalue weighted by Crippen LogP contribution is 2.58. The summed E-state index contributed by atoms with van der Waals surface area (Å²) in [5, 5.41) is 7.28. The van der Waals surface area contributed by atoms with Crippen LogP contribution in [0.5, 0.6) is 0 Å². The Bertz CT molecular complexity index is 3040. The van der Waals surface area contributed by atoms with Crippen molar-refractivity contribution in [1.82, 2.24) is 9.97 Å². The van der Waals surface area contributed by atoms with E-state index in [1.807, 2.05) is 6.07 Å². The lowest BCUT2D eigenvalue weighted by atomic mass is 9.66. The van der Waals surface area contributed by atoms with Crippen LogP contribution in [0.4, 0.5) is 0 Å². The van der Waals surface area contributed by atoms with Crippen LogP contribution < -0.4 is 0 Å². The van der Waals surface area contributed by atoms with Gasteiger partial charge in [0.15, 0.2) is 5.82 Å². The monoisotopic (exact) mass is 698 g/mol. The van der Waals surface area contributed by atoms with Crippen molar-refractivity contribution in [3.63, 3.8) is 0 Å². The minimum Gasteiger partial charge on any atom is -0.228 e. The predicted molar refractivity (Wildman–Crippen MR) is 228 cm³/mol. The molecule has 1 aliphatic rings. The molecule has 11 rings (SSSR count). The quantitative estimate of drug-likeness (QED) is 0.167. The molecule has 10 aromatic rings. The molecule has 1 aromatic heterocycles. The number of rotatable bonds is 5. The van der Waals surface area contributed by atoms with Crippen molar-refractivity contribution in [1.29, 1.82) is 0 Å². The first-order chi connectivity index (χ1) is 27.3. The number of hydrogen-bond donors (Lipinski definition) is 0. The zero-order chi connectivity index (χ0) is 36.3. The van der Waals surface area contributed by atoms with Gasteiger partial charge in [0.05, 0.1) is 16.8 Å². The van der Waals surface area contributed by atoms with E-state index in [4.69, 9.17) is 9.97 Å². The summed E-state index contributed by atoms with van der Waals surface area (Å²) < 4.78 is 0. The van der Waals surface area contributed by atoms with E-state index >= 15 is 0 Å². The van der Waals surface area contributed by atoms with Gasteiger partial charge in [0.25, 0.3) is 0 Å². The minimum absolute atomic E-state index is 0.507. The number of fused-ring (bicyclic) bond motifs is 8. The van der Waals surface area contributed by atoms with Crippen molar-refractivity contribution >= 4 is 32.3 Å². The summed E-state index contributed by atoms with van der Waals surface area (Å²) in [6.45, 7) is 0. The van der Waals surface area contributed by atoms with Crippen LogP contribution in [0.3, 0.4) is 0 Å². The number of hydrogen-bond acceptors (Lipinski definition) is 2. The maximum atomic E-state index is 5.34. The average Bonchev–Trinajstić information content (AvgIpc) is 3.58. The summed E-state index contributed by atoms with van der Waals surface area (Å²) >= 11 is 0. The molecule has 1 aliphatic carbocycles. The molecule has 0 unspecified atom stereocenters. The first kappa shape index (κ1) is 31.4. The zero-order valence-electron chi connectivity index (χ0n) is 30.0. The normalized spacial score (nSPS) is 12.9. The van der Waals surface area contributed by atoms with Crippen molar-refractivity contribution in [3.8, 4) is 45.0 Å². The Morgan fingerprint density at radius 2 is 0.927 bits per heavy atom. The molecular formula is C53H34N2. The molecule has 0 amide bonds. The summed E-state index contributed by atoms with van der Waals surface area (Å²) in [4.78, 5) is 10.6. The molecular weight excluding hydrogens is 665 g/mol. The SMILES string of the molecule is c1ccc(-c2nc(-c3ccc4ccc5ccccc5c4c3)cc(-c3cccc4c5c(ccc34)-c3ccccc3C5(c3ccccc3)c3ccccc3)n2)cc1. The lowest BCUT2D eigenvalue weighted by Crippen LogP contribution is -2.28. The van der Waals surface area contributed by atoms with E-state index in [0.29, 0.717) is 5.82 Å². The molecule has 2 heteroatoms. The molecule has 0 saturated carbocycles. The second kappa shape index (κ2) is 12.5. The van der Waals surface area contributed by atoms with Crippen LogP contribution in [0.25, 0.3) is 77.3 Å². The Morgan fingerprint density at radius 1 is 0.327 bits per heavy atom. The van der Waals surface area contributed by atoms with E-state index in [9.17, 15) is 0 Å². The third-order valence-corrected chi connectivity index (χ3v) is 11.5. The van der Waals surface area contributed by atoms with E-state index in [2.05, 4.69) is 200 Å². The lowest BCUT2D eigenvalue weighted by molar-refractivity contribution is 0.775. The summed E-state index contributed by atoms with van der Waals surface area (Å²) in [6, 6.07) is 74.6.